The molecule has 0 radical (unpaired) electrons. The van der Waals surface area contributed by atoms with Crippen LogP contribution in [-0.2, 0) is 17.8 Å². The van der Waals surface area contributed by atoms with E-state index in [0.29, 0.717) is 12.5 Å². The van der Waals surface area contributed by atoms with Gasteiger partial charge < -0.3 is 5.32 Å². The molecule has 0 atom stereocenters. The van der Waals surface area contributed by atoms with Crippen molar-refractivity contribution in [3.05, 3.63) is 59.9 Å². The molecule has 2 rings (SSSR count). The first kappa shape index (κ1) is 15.2. The summed E-state index contributed by atoms with van der Waals surface area (Å²) in [6.45, 7) is 6.76. The Morgan fingerprint density at radius 2 is 1.71 bits per heavy atom. The Hall–Kier alpha value is -2.16. The molecule has 0 bridgehead atoms. The summed E-state index contributed by atoms with van der Waals surface area (Å²) in [4.78, 5) is 12.0. The lowest BCUT2D eigenvalue weighted by molar-refractivity contribution is -0.684. The highest BCUT2D eigenvalue weighted by Gasteiger charge is 2.09. The van der Waals surface area contributed by atoms with Crippen molar-refractivity contribution in [2.45, 2.75) is 39.7 Å². The number of aryl methyl sites for hydroxylation is 1. The zero-order chi connectivity index (χ0) is 15.2. The molecule has 1 aromatic heterocycles. The van der Waals surface area contributed by atoms with Crippen molar-refractivity contribution in [3.63, 3.8) is 0 Å². The van der Waals surface area contributed by atoms with Gasteiger partial charge in [-0.1, -0.05) is 32.9 Å². The van der Waals surface area contributed by atoms with Crippen molar-refractivity contribution < 1.29 is 9.36 Å². The number of hydrogen-bond acceptors (Lipinski definition) is 1. The number of pyridine rings is 1. The van der Waals surface area contributed by atoms with Crippen molar-refractivity contribution in [2.75, 3.05) is 5.32 Å². The van der Waals surface area contributed by atoms with Gasteiger partial charge in [-0.3, -0.25) is 4.79 Å². The number of hydrogen-bond donors (Lipinski definition) is 1. The molecule has 0 unspecified atom stereocenters. The Labute approximate surface area is 126 Å². The molecule has 3 heteroatoms. The summed E-state index contributed by atoms with van der Waals surface area (Å²) in [6.07, 6.45) is 4.90. The average Bonchev–Trinajstić information content (AvgIpc) is 2.48. The van der Waals surface area contributed by atoms with Crippen LogP contribution in [-0.4, -0.2) is 5.91 Å². The van der Waals surface area contributed by atoms with Crippen LogP contribution >= 0.6 is 0 Å². The third-order valence-corrected chi connectivity index (χ3v) is 3.56. The smallest absolute Gasteiger partial charge is 0.290 e. The monoisotopic (exact) mass is 283 g/mol. The number of benzene rings is 1. The Morgan fingerprint density at radius 1 is 1.10 bits per heavy atom. The van der Waals surface area contributed by atoms with Gasteiger partial charge in [0.15, 0.2) is 12.4 Å². The van der Waals surface area contributed by atoms with Crippen molar-refractivity contribution in [1.29, 1.82) is 0 Å². The van der Waals surface area contributed by atoms with E-state index in [4.69, 9.17) is 0 Å². The summed E-state index contributed by atoms with van der Waals surface area (Å²) in [5, 5.41) is 2.93. The van der Waals surface area contributed by atoms with Crippen LogP contribution in [0.1, 0.15) is 37.8 Å². The third kappa shape index (κ3) is 4.42. The standard InChI is InChI=1S/C18H22N2O/c1-4-15-9-11-20(12-10-15)13-18(21)19-17-7-5-16(6-8-17)14(2)3/h5-12,14H,4,13H2,1-3H3/p+1. The van der Waals surface area contributed by atoms with Crippen LogP contribution in [0, 0.1) is 0 Å². The van der Waals surface area contributed by atoms with Gasteiger partial charge in [-0.25, -0.2) is 0 Å². The van der Waals surface area contributed by atoms with Crippen LogP contribution in [0.4, 0.5) is 5.69 Å². The molecule has 0 aliphatic rings. The number of anilines is 1. The van der Waals surface area contributed by atoms with Gasteiger partial charge in [0.2, 0.25) is 6.54 Å². The van der Waals surface area contributed by atoms with Crippen molar-refractivity contribution in [3.8, 4) is 0 Å². The van der Waals surface area contributed by atoms with Crippen molar-refractivity contribution >= 4 is 11.6 Å². The second kappa shape index (κ2) is 7.02. The van der Waals surface area contributed by atoms with E-state index in [-0.39, 0.29) is 5.91 Å². The van der Waals surface area contributed by atoms with Crippen LogP contribution in [0.2, 0.25) is 0 Å². The van der Waals surface area contributed by atoms with Crippen LogP contribution in [0.15, 0.2) is 48.8 Å². The predicted octanol–water partition coefficient (Wildman–Crippen LogP) is 3.30. The van der Waals surface area contributed by atoms with E-state index < -0.39 is 0 Å². The molecule has 0 fully saturated rings. The Bertz CT molecular complexity index is 586. The fourth-order valence-electron chi connectivity index (χ4n) is 2.15. The van der Waals surface area contributed by atoms with E-state index in [1.165, 1.54) is 11.1 Å². The maximum Gasteiger partial charge on any atom is 0.290 e. The molecule has 3 nitrogen and oxygen atoms in total. The minimum atomic E-state index is -0.0125. The lowest BCUT2D eigenvalue weighted by Gasteiger charge is -2.07. The van der Waals surface area contributed by atoms with Gasteiger partial charge in [-0.2, -0.15) is 4.57 Å². The normalized spacial score (nSPS) is 10.7. The summed E-state index contributed by atoms with van der Waals surface area (Å²) in [7, 11) is 0. The maximum atomic E-state index is 12.0. The largest absolute Gasteiger partial charge is 0.321 e. The summed E-state index contributed by atoms with van der Waals surface area (Å²) in [6, 6.07) is 12.1. The van der Waals surface area contributed by atoms with E-state index in [2.05, 4.69) is 38.2 Å². The Morgan fingerprint density at radius 3 is 2.24 bits per heavy atom. The summed E-state index contributed by atoms with van der Waals surface area (Å²) in [5.41, 5.74) is 3.39. The van der Waals surface area contributed by atoms with E-state index in [1.54, 1.807) is 0 Å². The van der Waals surface area contributed by atoms with Crippen LogP contribution < -0.4 is 9.88 Å². The summed E-state index contributed by atoms with van der Waals surface area (Å²) >= 11 is 0. The van der Waals surface area contributed by atoms with Gasteiger partial charge in [-0.15, -0.1) is 0 Å². The molecular formula is C18H23N2O+. The highest BCUT2D eigenvalue weighted by atomic mass is 16.1. The minimum absolute atomic E-state index is 0.0125. The zero-order valence-corrected chi connectivity index (χ0v) is 13.0. The van der Waals surface area contributed by atoms with Crippen LogP contribution in [0.25, 0.3) is 0 Å². The quantitative estimate of drug-likeness (QED) is 0.839. The average molecular weight is 283 g/mol. The third-order valence-electron chi connectivity index (χ3n) is 3.56. The summed E-state index contributed by atoms with van der Waals surface area (Å²) in [5.74, 6) is 0.490. The van der Waals surface area contributed by atoms with E-state index >= 15 is 0 Å². The molecule has 110 valence electrons. The van der Waals surface area contributed by atoms with Crippen LogP contribution in [0.3, 0.4) is 0 Å². The molecule has 2 aromatic rings. The predicted molar refractivity (Wildman–Crippen MR) is 85.2 cm³/mol. The molecular weight excluding hydrogens is 260 g/mol. The number of carbonyl (C=O) groups is 1. The number of aromatic nitrogens is 1. The first-order valence-electron chi connectivity index (χ1n) is 7.46. The number of amides is 1. The minimum Gasteiger partial charge on any atom is -0.321 e. The van der Waals surface area contributed by atoms with E-state index in [9.17, 15) is 4.79 Å². The maximum absolute atomic E-state index is 12.0. The zero-order valence-electron chi connectivity index (χ0n) is 13.0. The van der Waals surface area contributed by atoms with Crippen LogP contribution in [0.5, 0.6) is 0 Å². The first-order valence-corrected chi connectivity index (χ1v) is 7.46. The molecule has 1 amide bonds. The second-order valence-electron chi connectivity index (χ2n) is 5.56. The molecule has 1 heterocycles. The topological polar surface area (TPSA) is 33.0 Å². The van der Waals surface area contributed by atoms with Gasteiger partial charge in [0.25, 0.3) is 5.91 Å². The highest BCUT2D eigenvalue weighted by Crippen LogP contribution is 2.16. The lowest BCUT2D eigenvalue weighted by atomic mass is 10.0. The highest BCUT2D eigenvalue weighted by molar-refractivity contribution is 5.89. The first-order chi connectivity index (χ1) is 10.1. The molecule has 0 saturated heterocycles. The van der Waals surface area contributed by atoms with Crippen molar-refractivity contribution in [2.24, 2.45) is 0 Å². The second-order valence-corrected chi connectivity index (χ2v) is 5.56. The Kier molecular flexibility index (Phi) is 5.09. The Balaban J connectivity index is 1.94. The molecule has 1 N–H and O–H groups in total. The molecule has 1 aromatic carbocycles. The number of nitrogens with one attached hydrogen (secondary N) is 1. The van der Waals surface area contributed by atoms with E-state index in [0.717, 1.165) is 12.1 Å². The number of rotatable bonds is 5. The van der Waals surface area contributed by atoms with Gasteiger partial charge in [0.05, 0.1) is 0 Å². The molecule has 0 saturated carbocycles. The van der Waals surface area contributed by atoms with Gasteiger partial charge in [0.1, 0.15) is 0 Å². The lowest BCUT2D eigenvalue weighted by Crippen LogP contribution is -2.39. The fraction of sp³-hybridized carbons (Fsp3) is 0.333. The molecule has 0 aliphatic heterocycles. The van der Waals surface area contributed by atoms with Gasteiger partial charge in [-0.05, 0) is 35.6 Å². The van der Waals surface area contributed by atoms with E-state index in [1.807, 2.05) is 41.2 Å². The molecule has 21 heavy (non-hydrogen) atoms. The SMILES string of the molecule is CCc1cc[n+](CC(=O)Nc2ccc(C(C)C)cc2)cc1. The summed E-state index contributed by atoms with van der Waals surface area (Å²) < 4.78 is 1.89. The van der Waals surface area contributed by atoms with Gasteiger partial charge in [0, 0.05) is 17.8 Å². The number of carbonyl (C=O) groups excluding carboxylic acids is 1. The van der Waals surface area contributed by atoms with Gasteiger partial charge >= 0.3 is 0 Å². The molecule has 0 spiro atoms. The van der Waals surface area contributed by atoms with Crippen molar-refractivity contribution in [1.82, 2.24) is 0 Å². The molecule has 0 aliphatic carbocycles. The fourth-order valence-corrected chi connectivity index (χ4v) is 2.15. The number of nitrogens with zero attached hydrogens (tertiary/aromatic N) is 1.